The van der Waals surface area contributed by atoms with Crippen molar-refractivity contribution >= 4 is 17.0 Å². The van der Waals surface area contributed by atoms with E-state index in [4.69, 9.17) is 5.73 Å². The summed E-state index contributed by atoms with van der Waals surface area (Å²) in [5.74, 6) is -1.18. The van der Waals surface area contributed by atoms with Crippen LogP contribution in [-0.2, 0) is 0 Å². The number of aryl methyl sites for hydroxylation is 1. The maximum Gasteiger partial charge on any atom is 0.215 e. The largest absolute Gasteiger partial charge is 0.381 e. The molecule has 0 radical (unpaired) electrons. The number of pyridine rings is 2. The van der Waals surface area contributed by atoms with Crippen LogP contribution in [0.3, 0.4) is 0 Å². The van der Waals surface area contributed by atoms with E-state index in [0.29, 0.717) is 17.4 Å². The summed E-state index contributed by atoms with van der Waals surface area (Å²) in [6, 6.07) is 4.78. The Morgan fingerprint density at radius 1 is 1.18 bits per heavy atom. The van der Waals surface area contributed by atoms with Crippen molar-refractivity contribution in [3.05, 3.63) is 35.8 Å². The quantitative estimate of drug-likeness (QED) is 0.739. The lowest BCUT2D eigenvalue weighted by atomic mass is 10.1. The van der Waals surface area contributed by atoms with Gasteiger partial charge in [-0.3, -0.25) is 0 Å². The molecule has 4 rings (SSSR count). The van der Waals surface area contributed by atoms with Crippen molar-refractivity contribution in [1.82, 2.24) is 19.5 Å². The summed E-state index contributed by atoms with van der Waals surface area (Å²) >= 11 is 0. The predicted octanol–water partition coefficient (Wildman–Crippen LogP) is 3.00. The van der Waals surface area contributed by atoms with Crippen LogP contribution in [0, 0.1) is 18.7 Å². The third-order valence-electron chi connectivity index (χ3n) is 3.85. The number of halogens is 2. The van der Waals surface area contributed by atoms with Crippen LogP contribution in [0.2, 0.25) is 0 Å². The first kappa shape index (κ1) is 13.1. The highest BCUT2D eigenvalue weighted by Gasteiger charge is 2.28. The minimum absolute atomic E-state index is 0.00750. The fourth-order valence-corrected chi connectivity index (χ4v) is 2.71. The van der Waals surface area contributed by atoms with Gasteiger partial charge < -0.3 is 10.3 Å². The molecule has 0 atom stereocenters. The first-order chi connectivity index (χ1) is 10.5. The molecule has 7 heteroatoms. The first-order valence-electron chi connectivity index (χ1n) is 7.02. The number of nitrogen functional groups attached to an aromatic ring is 1. The lowest BCUT2D eigenvalue weighted by Crippen LogP contribution is -2.02. The molecule has 0 unspecified atom stereocenters. The van der Waals surface area contributed by atoms with E-state index >= 15 is 0 Å². The van der Waals surface area contributed by atoms with Crippen LogP contribution < -0.4 is 5.73 Å². The van der Waals surface area contributed by atoms with Crippen molar-refractivity contribution in [1.29, 1.82) is 0 Å². The molecule has 1 aliphatic rings. The van der Waals surface area contributed by atoms with E-state index in [-0.39, 0.29) is 5.56 Å². The van der Waals surface area contributed by atoms with Crippen molar-refractivity contribution in [2.24, 2.45) is 0 Å². The molecule has 3 aromatic rings. The summed E-state index contributed by atoms with van der Waals surface area (Å²) in [6.07, 6.45) is 2.17. The second-order valence-electron chi connectivity index (χ2n) is 5.49. The third-order valence-corrected chi connectivity index (χ3v) is 3.85. The molecule has 22 heavy (non-hydrogen) atoms. The van der Waals surface area contributed by atoms with E-state index in [2.05, 4.69) is 19.5 Å². The average molecular weight is 301 g/mol. The Morgan fingerprint density at radius 2 is 1.95 bits per heavy atom. The second kappa shape index (κ2) is 4.46. The van der Waals surface area contributed by atoms with Crippen LogP contribution in [0.15, 0.2) is 18.2 Å². The van der Waals surface area contributed by atoms with E-state index in [9.17, 15) is 8.78 Å². The van der Waals surface area contributed by atoms with Crippen LogP contribution in [0.25, 0.3) is 22.4 Å². The zero-order chi connectivity index (χ0) is 15.4. The van der Waals surface area contributed by atoms with Gasteiger partial charge in [0.25, 0.3) is 0 Å². The van der Waals surface area contributed by atoms with Gasteiger partial charge in [-0.1, -0.05) is 0 Å². The Morgan fingerprint density at radius 3 is 2.68 bits per heavy atom. The van der Waals surface area contributed by atoms with Gasteiger partial charge in [0.1, 0.15) is 11.3 Å². The normalized spacial score (nSPS) is 14.7. The number of anilines is 1. The van der Waals surface area contributed by atoms with Crippen LogP contribution in [0.4, 0.5) is 14.6 Å². The van der Waals surface area contributed by atoms with Crippen LogP contribution in [-0.4, -0.2) is 19.5 Å². The minimum atomic E-state index is -0.831. The van der Waals surface area contributed by atoms with Gasteiger partial charge in [-0.2, -0.15) is 9.37 Å². The van der Waals surface area contributed by atoms with Crippen molar-refractivity contribution in [2.45, 2.75) is 25.8 Å². The topological polar surface area (TPSA) is 69.6 Å². The molecule has 3 heterocycles. The average Bonchev–Trinajstić information content (AvgIpc) is 3.24. The summed E-state index contributed by atoms with van der Waals surface area (Å²) in [7, 11) is 0. The maximum absolute atomic E-state index is 14.1. The SMILES string of the molecule is Cc1nc2ccc(-c3cc(F)nc(N)c3F)nc2n1C1CC1. The minimum Gasteiger partial charge on any atom is -0.381 e. The molecule has 112 valence electrons. The third kappa shape index (κ3) is 1.93. The van der Waals surface area contributed by atoms with Crippen molar-refractivity contribution in [2.75, 3.05) is 5.73 Å². The van der Waals surface area contributed by atoms with Crippen LogP contribution >= 0.6 is 0 Å². The van der Waals surface area contributed by atoms with E-state index in [1.165, 1.54) is 0 Å². The molecule has 0 amide bonds. The van der Waals surface area contributed by atoms with Crippen molar-refractivity contribution in [3.63, 3.8) is 0 Å². The zero-order valence-corrected chi connectivity index (χ0v) is 11.8. The Bertz CT molecular complexity index is 899. The number of imidazole rings is 1. The summed E-state index contributed by atoms with van der Waals surface area (Å²) in [5, 5.41) is 0. The number of aromatic nitrogens is 4. The molecule has 0 spiro atoms. The molecule has 3 aromatic heterocycles. The van der Waals surface area contributed by atoms with Gasteiger partial charge in [0.2, 0.25) is 5.95 Å². The Kier molecular flexibility index (Phi) is 2.66. The molecule has 1 fully saturated rings. The molecule has 0 aromatic carbocycles. The van der Waals surface area contributed by atoms with Gasteiger partial charge in [-0.15, -0.1) is 0 Å². The molecule has 0 bridgehead atoms. The van der Waals surface area contributed by atoms with Crippen LogP contribution in [0.1, 0.15) is 24.7 Å². The number of nitrogens with two attached hydrogens (primary N) is 1. The van der Waals surface area contributed by atoms with E-state index in [1.807, 2.05) is 6.92 Å². The van der Waals surface area contributed by atoms with E-state index in [1.54, 1.807) is 12.1 Å². The molecular weight excluding hydrogens is 288 g/mol. The summed E-state index contributed by atoms with van der Waals surface area (Å²) in [6.45, 7) is 1.92. The monoisotopic (exact) mass is 301 g/mol. The zero-order valence-electron chi connectivity index (χ0n) is 11.8. The highest BCUT2D eigenvalue weighted by atomic mass is 19.1. The van der Waals surface area contributed by atoms with E-state index in [0.717, 1.165) is 30.2 Å². The highest BCUT2D eigenvalue weighted by molar-refractivity contribution is 5.77. The van der Waals surface area contributed by atoms with Gasteiger partial charge in [0, 0.05) is 17.7 Å². The highest BCUT2D eigenvalue weighted by Crippen LogP contribution is 2.38. The van der Waals surface area contributed by atoms with Gasteiger partial charge in [0.05, 0.1) is 5.69 Å². The molecule has 2 N–H and O–H groups in total. The fraction of sp³-hybridized carbons (Fsp3) is 0.267. The van der Waals surface area contributed by atoms with E-state index < -0.39 is 17.6 Å². The Balaban J connectivity index is 1.95. The first-order valence-corrected chi connectivity index (χ1v) is 7.02. The lowest BCUT2D eigenvalue weighted by molar-refractivity contribution is 0.567. The molecule has 0 aliphatic heterocycles. The Labute approximate surface area is 124 Å². The van der Waals surface area contributed by atoms with Gasteiger partial charge >= 0.3 is 0 Å². The summed E-state index contributed by atoms with van der Waals surface area (Å²) in [4.78, 5) is 12.2. The lowest BCUT2D eigenvalue weighted by Gasteiger charge is -2.07. The number of hydrogen-bond donors (Lipinski definition) is 1. The molecule has 1 saturated carbocycles. The number of hydrogen-bond acceptors (Lipinski definition) is 4. The molecule has 1 aliphatic carbocycles. The van der Waals surface area contributed by atoms with Crippen molar-refractivity contribution in [3.8, 4) is 11.3 Å². The Hall–Kier alpha value is -2.57. The fourth-order valence-electron chi connectivity index (χ4n) is 2.71. The summed E-state index contributed by atoms with van der Waals surface area (Å²) < 4.78 is 29.6. The maximum atomic E-state index is 14.1. The second-order valence-corrected chi connectivity index (χ2v) is 5.49. The summed E-state index contributed by atoms with van der Waals surface area (Å²) in [5.41, 5.74) is 7.15. The van der Waals surface area contributed by atoms with Gasteiger partial charge in [0.15, 0.2) is 17.3 Å². The van der Waals surface area contributed by atoms with Gasteiger partial charge in [-0.05, 0) is 31.9 Å². The standard InChI is InChI=1S/C15H13F2N5/c1-7-19-11-5-4-10(20-15(11)22(7)8-2-3-8)9-6-12(16)21-14(18)13(9)17/h4-6,8H,2-3H2,1H3,(H2,18,21). The molecule has 0 saturated heterocycles. The number of nitrogens with zero attached hydrogens (tertiary/aromatic N) is 4. The van der Waals surface area contributed by atoms with Crippen molar-refractivity contribution < 1.29 is 8.78 Å². The molecule has 5 nitrogen and oxygen atoms in total. The predicted molar refractivity (Wildman–Crippen MR) is 78.1 cm³/mol. The smallest absolute Gasteiger partial charge is 0.215 e. The van der Waals surface area contributed by atoms with Gasteiger partial charge in [-0.25, -0.2) is 14.4 Å². The molecular formula is C15H13F2N5. The number of fused-ring (bicyclic) bond motifs is 1. The number of rotatable bonds is 2. The van der Waals surface area contributed by atoms with Crippen LogP contribution in [0.5, 0.6) is 0 Å².